The van der Waals surface area contributed by atoms with Crippen LogP contribution in [0.1, 0.15) is 18.1 Å². The maximum atomic E-state index is 8.95. The zero-order valence-electron chi connectivity index (χ0n) is 9.28. The van der Waals surface area contributed by atoms with Gasteiger partial charge in [0.15, 0.2) is 11.5 Å². The zero-order valence-corrected chi connectivity index (χ0v) is 9.28. The molecule has 0 unspecified atom stereocenters. The van der Waals surface area contributed by atoms with Gasteiger partial charge in [-0.05, 0) is 18.6 Å². The Kier molecular flexibility index (Phi) is 4.17. The van der Waals surface area contributed by atoms with E-state index in [0.717, 1.165) is 0 Å². The molecule has 0 atom stereocenters. The van der Waals surface area contributed by atoms with Crippen LogP contribution in [-0.2, 0) is 6.42 Å². The van der Waals surface area contributed by atoms with Gasteiger partial charge in [0.2, 0.25) is 0 Å². The molecule has 4 heteroatoms. The van der Waals surface area contributed by atoms with E-state index >= 15 is 0 Å². The van der Waals surface area contributed by atoms with Crippen molar-refractivity contribution in [3.8, 4) is 23.6 Å². The molecule has 0 heterocycles. The fourth-order valence-corrected chi connectivity index (χ4v) is 1.37. The van der Waals surface area contributed by atoms with Gasteiger partial charge in [0.25, 0.3) is 0 Å². The first-order chi connectivity index (χ1) is 7.76. The largest absolute Gasteiger partial charge is 0.493 e. The van der Waals surface area contributed by atoms with Crippen molar-refractivity contribution in [2.75, 3.05) is 13.7 Å². The fourth-order valence-electron chi connectivity index (χ4n) is 1.37. The third-order valence-corrected chi connectivity index (χ3v) is 2.08. The zero-order chi connectivity index (χ0) is 12.0. The van der Waals surface area contributed by atoms with Crippen LogP contribution in [0.4, 0.5) is 0 Å². The van der Waals surface area contributed by atoms with Crippen molar-refractivity contribution in [1.82, 2.24) is 0 Å². The Morgan fingerprint density at radius 1 is 1.25 bits per heavy atom. The Hall–Kier alpha value is -2.20. The first kappa shape index (κ1) is 11.9. The highest BCUT2D eigenvalue weighted by molar-refractivity contribution is 5.52. The average Bonchev–Trinajstić information content (AvgIpc) is 2.31. The molecule has 4 nitrogen and oxygen atoms in total. The lowest BCUT2D eigenvalue weighted by Crippen LogP contribution is -1.98. The number of hydrogen-bond donors (Lipinski definition) is 0. The van der Waals surface area contributed by atoms with Gasteiger partial charge in [-0.3, -0.25) is 0 Å². The molecule has 1 aromatic rings. The molecule has 0 bridgehead atoms. The molecule has 0 amide bonds. The standard InChI is InChI=1S/C12H12N2O2/c1-3-16-12-7-10(8-14)9(4-5-13)6-11(12)15-2/h6-7H,3-4H2,1-2H3. The number of benzene rings is 1. The van der Waals surface area contributed by atoms with Crippen LogP contribution in [0.15, 0.2) is 12.1 Å². The third kappa shape index (κ3) is 2.43. The quantitative estimate of drug-likeness (QED) is 0.772. The normalized spacial score (nSPS) is 9.00. The average molecular weight is 216 g/mol. The van der Waals surface area contributed by atoms with Crippen LogP contribution in [0.25, 0.3) is 0 Å². The molecule has 0 aromatic heterocycles. The number of hydrogen-bond acceptors (Lipinski definition) is 4. The van der Waals surface area contributed by atoms with Crippen molar-refractivity contribution >= 4 is 0 Å². The van der Waals surface area contributed by atoms with E-state index in [9.17, 15) is 0 Å². The second-order valence-corrected chi connectivity index (χ2v) is 3.04. The summed E-state index contributed by atoms with van der Waals surface area (Å²) in [5.41, 5.74) is 1.11. The summed E-state index contributed by atoms with van der Waals surface area (Å²) in [6.07, 6.45) is 0.186. The third-order valence-electron chi connectivity index (χ3n) is 2.08. The van der Waals surface area contributed by atoms with Crippen LogP contribution in [0.2, 0.25) is 0 Å². The van der Waals surface area contributed by atoms with Crippen molar-refractivity contribution in [2.24, 2.45) is 0 Å². The van der Waals surface area contributed by atoms with Crippen LogP contribution < -0.4 is 9.47 Å². The highest BCUT2D eigenvalue weighted by Gasteiger charge is 2.10. The molecular weight excluding hydrogens is 204 g/mol. The van der Waals surface area contributed by atoms with Crippen LogP contribution >= 0.6 is 0 Å². The first-order valence-electron chi connectivity index (χ1n) is 4.87. The summed E-state index contributed by atoms with van der Waals surface area (Å²) in [6, 6.07) is 7.34. The summed E-state index contributed by atoms with van der Waals surface area (Å²) in [5, 5.41) is 17.6. The predicted molar refractivity (Wildman–Crippen MR) is 58.2 cm³/mol. The van der Waals surface area contributed by atoms with Gasteiger partial charge in [0.05, 0.1) is 37.8 Å². The van der Waals surface area contributed by atoms with Crippen LogP contribution in [0.5, 0.6) is 11.5 Å². The van der Waals surface area contributed by atoms with Gasteiger partial charge in [-0.15, -0.1) is 0 Å². The smallest absolute Gasteiger partial charge is 0.162 e. The van der Waals surface area contributed by atoms with Crippen LogP contribution in [-0.4, -0.2) is 13.7 Å². The Bertz CT molecular complexity index is 455. The van der Waals surface area contributed by atoms with Crippen molar-refractivity contribution in [1.29, 1.82) is 10.5 Å². The van der Waals surface area contributed by atoms with E-state index in [-0.39, 0.29) is 6.42 Å². The van der Waals surface area contributed by atoms with E-state index in [2.05, 4.69) is 0 Å². The molecule has 0 spiro atoms. The molecule has 0 N–H and O–H groups in total. The maximum Gasteiger partial charge on any atom is 0.162 e. The molecule has 1 aromatic carbocycles. The minimum absolute atomic E-state index is 0.186. The van der Waals surface area contributed by atoms with Gasteiger partial charge >= 0.3 is 0 Å². The summed E-state index contributed by atoms with van der Waals surface area (Å²) < 4.78 is 10.5. The minimum Gasteiger partial charge on any atom is -0.493 e. The van der Waals surface area contributed by atoms with Crippen molar-refractivity contribution in [3.05, 3.63) is 23.3 Å². The van der Waals surface area contributed by atoms with Gasteiger partial charge in [-0.1, -0.05) is 0 Å². The number of nitrogens with zero attached hydrogens (tertiary/aromatic N) is 2. The molecule has 0 saturated carbocycles. The van der Waals surface area contributed by atoms with Gasteiger partial charge < -0.3 is 9.47 Å². The topological polar surface area (TPSA) is 66.0 Å². The minimum atomic E-state index is 0.186. The van der Waals surface area contributed by atoms with Crippen molar-refractivity contribution in [3.63, 3.8) is 0 Å². The SMILES string of the molecule is CCOc1cc(C#N)c(CC#N)cc1OC. The van der Waals surface area contributed by atoms with Crippen molar-refractivity contribution < 1.29 is 9.47 Å². The Balaban J connectivity index is 3.25. The van der Waals surface area contributed by atoms with Crippen LogP contribution in [0.3, 0.4) is 0 Å². The predicted octanol–water partition coefficient (Wildman–Crippen LogP) is 2.03. The number of nitriles is 2. The lowest BCUT2D eigenvalue weighted by atomic mass is 10.0. The Morgan fingerprint density at radius 2 is 2.00 bits per heavy atom. The summed E-state index contributed by atoms with van der Waals surface area (Å²) in [5.74, 6) is 1.08. The van der Waals surface area contributed by atoms with Gasteiger partial charge in [0.1, 0.15) is 0 Å². The van der Waals surface area contributed by atoms with Crippen LogP contribution in [0, 0.1) is 22.7 Å². The first-order valence-corrected chi connectivity index (χ1v) is 4.87. The molecule has 0 fully saturated rings. The van der Waals surface area contributed by atoms with Gasteiger partial charge in [-0.25, -0.2) is 0 Å². The highest BCUT2D eigenvalue weighted by Crippen LogP contribution is 2.30. The molecular formula is C12H12N2O2. The summed E-state index contributed by atoms with van der Waals surface area (Å²) in [6.45, 7) is 2.35. The number of rotatable bonds is 4. The molecule has 1 rings (SSSR count). The Morgan fingerprint density at radius 3 is 2.50 bits per heavy atom. The van der Waals surface area contributed by atoms with E-state index in [1.165, 1.54) is 7.11 Å². The molecule has 16 heavy (non-hydrogen) atoms. The highest BCUT2D eigenvalue weighted by atomic mass is 16.5. The number of ether oxygens (including phenoxy) is 2. The molecule has 82 valence electrons. The van der Waals surface area contributed by atoms with Gasteiger partial charge in [-0.2, -0.15) is 10.5 Å². The van der Waals surface area contributed by atoms with E-state index in [1.54, 1.807) is 12.1 Å². The Labute approximate surface area is 94.6 Å². The van der Waals surface area contributed by atoms with Gasteiger partial charge in [0, 0.05) is 6.07 Å². The molecule has 0 aliphatic carbocycles. The van der Waals surface area contributed by atoms with E-state index in [1.807, 2.05) is 19.1 Å². The number of methoxy groups -OCH3 is 1. The van der Waals surface area contributed by atoms with E-state index in [4.69, 9.17) is 20.0 Å². The molecule has 0 aliphatic heterocycles. The second-order valence-electron chi connectivity index (χ2n) is 3.04. The fraction of sp³-hybridized carbons (Fsp3) is 0.333. The van der Waals surface area contributed by atoms with E-state index < -0.39 is 0 Å². The maximum absolute atomic E-state index is 8.95. The second kappa shape index (κ2) is 5.63. The molecule has 0 radical (unpaired) electrons. The summed E-state index contributed by atoms with van der Waals surface area (Å²) in [7, 11) is 1.53. The monoisotopic (exact) mass is 216 g/mol. The summed E-state index contributed by atoms with van der Waals surface area (Å²) in [4.78, 5) is 0. The lowest BCUT2D eigenvalue weighted by Gasteiger charge is -2.11. The molecule has 0 saturated heterocycles. The lowest BCUT2D eigenvalue weighted by molar-refractivity contribution is 0.310. The molecule has 0 aliphatic rings. The summed E-state index contributed by atoms with van der Waals surface area (Å²) >= 11 is 0. The van der Waals surface area contributed by atoms with E-state index in [0.29, 0.717) is 29.2 Å². The van der Waals surface area contributed by atoms with Crippen molar-refractivity contribution in [2.45, 2.75) is 13.3 Å².